The average Bonchev–Trinajstić information content (AvgIpc) is 3.02. The first-order valence-electron chi connectivity index (χ1n) is 7.40. The lowest BCUT2D eigenvalue weighted by molar-refractivity contribution is -0.148. The number of rotatable bonds is 6. The number of aliphatic hydroxyl groups excluding tert-OH is 1. The maximum absolute atomic E-state index is 12.4. The highest BCUT2D eigenvalue weighted by molar-refractivity contribution is 8.01. The van der Waals surface area contributed by atoms with Gasteiger partial charge >= 0.3 is 12.0 Å². The van der Waals surface area contributed by atoms with Crippen LogP contribution in [0, 0.1) is 6.92 Å². The molecular formula is C13H15N5O5S3. The number of carboxylic acids is 1. The van der Waals surface area contributed by atoms with Gasteiger partial charge < -0.3 is 20.8 Å². The van der Waals surface area contributed by atoms with E-state index in [-0.39, 0.29) is 5.70 Å². The molecule has 1 aromatic heterocycles. The van der Waals surface area contributed by atoms with Crippen molar-refractivity contribution in [2.45, 2.75) is 22.7 Å². The smallest absolute Gasteiger partial charge is 0.352 e. The second-order valence-corrected chi connectivity index (χ2v) is 8.84. The number of urea groups is 1. The fourth-order valence-corrected chi connectivity index (χ4v) is 5.84. The van der Waals surface area contributed by atoms with Crippen molar-refractivity contribution in [3.63, 3.8) is 0 Å². The summed E-state index contributed by atoms with van der Waals surface area (Å²) >= 11 is 4.19. The third-order valence-electron chi connectivity index (χ3n) is 3.65. The predicted octanol–water partition coefficient (Wildman–Crippen LogP) is -0.190. The summed E-state index contributed by atoms with van der Waals surface area (Å²) in [6.45, 7) is 1.28. The second kappa shape index (κ2) is 7.82. The Morgan fingerprint density at radius 2 is 2.19 bits per heavy atom. The van der Waals surface area contributed by atoms with Crippen molar-refractivity contribution in [2.24, 2.45) is 0 Å². The number of thioether (sulfide) groups is 2. The minimum absolute atomic E-state index is 0.0342. The zero-order valence-corrected chi connectivity index (χ0v) is 15.9. The first-order chi connectivity index (χ1) is 12.4. The van der Waals surface area contributed by atoms with Crippen LogP contribution in [0.4, 0.5) is 4.79 Å². The third-order valence-corrected chi connectivity index (χ3v) is 7.05. The van der Waals surface area contributed by atoms with Crippen LogP contribution in [-0.4, -0.2) is 72.9 Å². The van der Waals surface area contributed by atoms with Gasteiger partial charge in [-0.05, 0) is 12.5 Å². The minimum atomic E-state index is -1.18. The fourth-order valence-electron chi connectivity index (χ4n) is 2.54. The molecule has 3 rings (SSSR count). The number of nitrogens with zero attached hydrogens (tertiary/aromatic N) is 3. The van der Waals surface area contributed by atoms with Gasteiger partial charge in [-0.3, -0.25) is 9.69 Å². The Labute approximate surface area is 160 Å². The van der Waals surface area contributed by atoms with Gasteiger partial charge in [0, 0.05) is 11.5 Å². The summed E-state index contributed by atoms with van der Waals surface area (Å²) in [5.74, 6) is -0.836. The van der Waals surface area contributed by atoms with Crippen LogP contribution in [0.2, 0.25) is 0 Å². The topological polar surface area (TPSA) is 145 Å². The quantitative estimate of drug-likeness (QED) is 0.281. The molecule has 4 N–H and O–H groups in total. The monoisotopic (exact) mass is 417 g/mol. The number of aliphatic carboxylic acids is 1. The number of nitrogens with one attached hydrogen (secondary N) is 2. The van der Waals surface area contributed by atoms with Crippen LogP contribution in [-0.2, 0) is 9.59 Å². The van der Waals surface area contributed by atoms with Gasteiger partial charge in [0.25, 0.3) is 5.91 Å². The van der Waals surface area contributed by atoms with E-state index in [1.807, 2.05) is 6.92 Å². The molecule has 2 aliphatic heterocycles. The zero-order chi connectivity index (χ0) is 18.8. The van der Waals surface area contributed by atoms with E-state index in [0.29, 0.717) is 17.1 Å². The molecule has 0 spiro atoms. The van der Waals surface area contributed by atoms with E-state index in [1.165, 1.54) is 39.8 Å². The number of fused-ring (bicyclic) bond motifs is 1. The largest absolute Gasteiger partial charge is 0.477 e. The van der Waals surface area contributed by atoms with Gasteiger partial charge in [-0.1, -0.05) is 23.1 Å². The Morgan fingerprint density at radius 1 is 1.42 bits per heavy atom. The summed E-state index contributed by atoms with van der Waals surface area (Å²) in [6.07, 6.45) is 0. The number of hydrogen-bond acceptors (Lipinski definition) is 9. The molecule has 13 heteroatoms. The van der Waals surface area contributed by atoms with Gasteiger partial charge in [0.15, 0.2) is 4.34 Å². The van der Waals surface area contributed by atoms with Crippen molar-refractivity contribution in [2.75, 3.05) is 18.2 Å². The zero-order valence-electron chi connectivity index (χ0n) is 13.5. The van der Waals surface area contributed by atoms with Gasteiger partial charge in [0.05, 0.1) is 0 Å². The Bertz CT molecular complexity index is 782. The Balaban J connectivity index is 1.73. The van der Waals surface area contributed by atoms with Crippen LogP contribution in [0.25, 0.3) is 0 Å². The van der Waals surface area contributed by atoms with E-state index < -0.39 is 36.1 Å². The summed E-state index contributed by atoms with van der Waals surface area (Å²) in [6, 6.07) is -1.50. The average molecular weight is 417 g/mol. The molecule has 1 fully saturated rings. The summed E-state index contributed by atoms with van der Waals surface area (Å²) in [5, 5.41) is 31.1. The Hall–Kier alpha value is -1.83. The van der Waals surface area contributed by atoms with E-state index in [1.54, 1.807) is 0 Å². The molecule has 0 aromatic carbocycles. The van der Waals surface area contributed by atoms with Gasteiger partial charge in [0.2, 0.25) is 0 Å². The molecule has 1 aromatic rings. The van der Waals surface area contributed by atoms with E-state index in [2.05, 4.69) is 20.8 Å². The number of carboxylic acid groups (broad SMARTS) is 1. The second-order valence-electron chi connectivity index (χ2n) is 5.33. The van der Waals surface area contributed by atoms with Gasteiger partial charge in [-0.25, -0.2) is 9.59 Å². The van der Waals surface area contributed by atoms with E-state index in [9.17, 15) is 19.5 Å². The minimum Gasteiger partial charge on any atom is -0.477 e. The molecular weight excluding hydrogens is 402 g/mol. The third kappa shape index (κ3) is 3.65. The van der Waals surface area contributed by atoms with Crippen LogP contribution < -0.4 is 10.6 Å². The SMILES string of the molecule is Cc1nnc(SCC2=C(C(=O)O)N3C(=O)C(NC(=O)NCO)[C@@H]3SC2)s1. The highest BCUT2D eigenvalue weighted by Gasteiger charge is 2.54. The van der Waals surface area contributed by atoms with Crippen LogP contribution in [0.5, 0.6) is 0 Å². The number of aliphatic hydroxyl groups is 1. The van der Waals surface area contributed by atoms with Crippen LogP contribution >= 0.6 is 34.9 Å². The number of carbonyl (C=O) groups excluding carboxylic acids is 2. The van der Waals surface area contributed by atoms with Gasteiger partial charge in [-0.15, -0.1) is 22.0 Å². The maximum atomic E-state index is 12.4. The van der Waals surface area contributed by atoms with Crippen LogP contribution in [0.15, 0.2) is 15.6 Å². The predicted molar refractivity (Wildman–Crippen MR) is 95.7 cm³/mol. The lowest BCUT2D eigenvalue weighted by atomic mass is 10.0. The molecule has 26 heavy (non-hydrogen) atoms. The van der Waals surface area contributed by atoms with Crippen molar-refractivity contribution in [3.8, 4) is 0 Å². The molecule has 3 heterocycles. The van der Waals surface area contributed by atoms with Crippen LogP contribution in [0.1, 0.15) is 5.01 Å². The van der Waals surface area contributed by atoms with Crippen LogP contribution in [0.3, 0.4) is 0 Å². The molecule has 3 amide bonds. The standard InChI is InChI=1S/C13H15N5O5S3/c1-5-16-17-13(26-5)25-3-6-2-24-10-7(15-12(23)14-4-19)9(20)18(10)8(6)11(21)22/h7,10,19H,2-4H2,1H3,(H,21,22)(H2,14,15,23)/t7?,10-/m0/s1. The molecule has 2 atom stereocenters. The summed E-state index contributed by atoms with van der Waals surface area (Å²) in [5.41, 5.74) is 0.594. The van der Waals surface area contributed by atoms with E-state index >= 15 is 0 Å². The first kappa shape index (κ1) is 18.9. The molecule has 140 valence electrons. The van der Waals surface area contributed by atoms with Gasteiger partial charge in [0.1, 0.15) is 28.9 Å². The lowest BCUT2D eigenvalue weighted by Crippen LogP contribution is -2.71. The molecule has 2 aliphatic rings. The van der Waals surface area contributed by atoms with E-state index in [0.717, 1.165) is 9.35 Å². The van der Waals surface area contributed by atoms with Crippen molar-refractivity contribution >= 4 is 52.8 Å². The molecule has 10 nitrogen and oxygen atoms in total. The summed E-state index contributed by atoms with van der Waals surface area (Å²) in [7, 11) is 0. The van der Waals surface area contributed by atoms with E-state index in [4.69, 9.17) is 5.11 Å². The maximum Gasteiger partial charge on any atom is 0.352 e. The first-order valence-corrected chi connectivity index (χ1v) is 10.3. The highest BCUT2D eigenvalue weighted by atomic mass is 32.2. The normalized spacial score (nSPS) is 21.9. The molecule has 0 aliphatic carbocycles. The van der Waals surface area contributed by atoms with Crippen molar-refractivity contribution < 1.29 is 24.6 Å². The number of β-lactam (4-membered cyclic amide) rings is 1. The highest BCUT2D eigenvalue weighted by Crippen LogP contribution is 2.41. The lowest BCUT2D eigenvalue weighted by Gasteiger charge is -2.49. The molecule has 1 saturated heterocycles. The molecule has 1 unspecified atom stereocenters. The number of amides is 3. The summed E-state index contributed by atoms with van der Waals surface area (Å²) in [4.78, 5) is 36.8. The molecule has 0 radical (unpaired) electrons. The van der Waals surface area contributed by atoms with Gasteiger partial charge in [-0.2, -0.15) is 0 Å². The molecule has 0 saturated carbocycles. The van der Waals surface area contributed by atoms with Crippen molar-refractivity contribution in [1.29, 1.82) is 0 Å². The Morgan fingerprint density at radius 3 is 2.81 bits per heavy atom. The van der Waals surface area contributed by atoms with Crippen molar-refractivity contribution in [3.05, 3.63) is 16.3 Å². The number of aryl methyl sites for hydroxylation is 1. The Kier molecular flexibility index (Phi) is 5.70. The fraction of sp³-hybridized carbons (Fsp3) is 0.462. The van der Waals surface area contributed by atoms with Crippen molar-refractivity contribution in [1.82, 2.24) is 25.7 Å². The molecule has 0 bridgehead atoms. The summed E-state index contributed by atoms with van der Waals surface area (Å²) < 4.78 is 0.738. The number of carbonyl (C=O) groups is 3. The number of hydrogen-bond donors (Lipinski definition) is 4. The number of aromatic nitrogens is 2.